The highest BCUT2D eigenvalue weighted by molar-refractivity contribution is 7.85. The molecule has 2 N–H and O–H groups in total. The minimum absolute atomic E-state index is 0.640. The first-order valence-corrected chi connectivity index (χ1v) is 4.96. The minimum Gasteiger partial charge on any atom is -0.330 e. The van der Waals surface area contributed by atoms with Crippen LogP contribution >= 0.6 is 0 Å². The molecular weight excluding hydrogens is 146 g/mol. The Bertz CT molecular complexity index is 123. The van der Waals surface area contributed by atoms with Crippen LogP contribution in [-0.4, -0.2) is 22.3 Å². The van der Waals surface area contributed by atoms with E-state index in [4.69, 9.17) is 5.73 Å². The molecule has 0 aromatic heterocycles. The Labute approximate surface area is 65.0 Å². The summed E-state index contributed by atoms with van der Waals surface area (Å²) in [6.45, 7) is 2.57. The molecule has 1 unspecified atom stereocenters. The van der Waals surface area contributed by atoms with Crippen molar-refractivity contribution in [3.63, 3.8) is 0 Å². The highest BCUT2D eigenvalue weighted by atomic mass is 32.2. The molecule has 0 heterocycles. The first-order valence-electron chi connectivity index (χ1n) is 3.47. The summed E-state index contributed by atoms with van der Waals surface area (Å²) in [5, 5.41) is 0. The molecule has 10 heavy (non-hydrogen) atoms. The maximum absolute atomic E-state index is 11.0. The maximum atomic E-state index is 11.0. The van der Waals surface area contributed by atoms with Crippen molar-refractivity contribution in [1.29, 1.82) is 0 Å². The lowest BCUT2D eigenvalue weighted by Crippen LogP contribution is -2.07. The first kappa shape index (κ1) is 9.85. The van der Waals surface area contributed by atoms with Gasteiger partial charge in [-0.05, 0) is 19.9 Å². The number of hydrogen-bond donors (Lipinski definition) is 1. The van der Waals surface area contributed by atoms with Gasteiger partial charge in [0, 0.05) is 22.3 Å². The van der Waals surface area contributed by atoms with E-state index in [-0.39, 0.29) is 0 Å². The lowest BCUT2D eigenvalue weighted by molar-refractivity contribution is 0.682. The Kier molecular flexibility index (Phi) is 6.86. The average Bonchev–Trinajstić information content (AvgIpc) is 1.97. The van der Waals surface area contributed by atoms with Gasteiger partial charge in [0.15, 0.2) is 0 Å². The SMILES string of the molecule is C/C=C/CS(=O)CCCN. The van der Waals surface area contributed by atoms with E-state index in [0.29, 0.717) is 12.3 Å². The lowest BCUT2D eigenvalue weighted by Gasteiger charge is -1.94. The highest BCUT2D eigenvalue weighted by Gasteiger charge is 1.93. The smallest absolute Gasteiger partial charge is 0.0415 e. The molecule has 0 fully saturated rings. The first-order chi connectivity index (χ1) is 4.81. The summed E-state index contributed by atoms with van der Waals surface area (Å²) >= 11 is 0. The third-order valence-corrected chi connectivity index (χ3v) is 2.40. The average molecular weight is 161 g/mol. The van der Waals surface area contributed by atoms with E-state index in [9.17, 15) is 4.21 Å². The zero-order valence-corrected chi connectivity index (χ0v) is 7.19. The van der Waals surface area contributed by atoms with Crippen molar-refractivity contribution >= 4 is 10.8 Å². The Hall–Kier alpha value is -0.150. The minimum atomic E-state index is -0.687. The van der Waals surface area contributed by atoms with Crippen LogP contribution in [0.1, 0.15) is 13.3 Å². The predicted molar refractivity (Wildman–Crippen MR) is 46.4 cm³/mol. The van der Waals surface area contributed by atoms with Crippen LogP contribution in [0, 0.1) is 0 Å². The Morgan fingerprint density at radius 3 is 2.80 bits per heavy atom. The Balaban J connectivity index is 3.25. The van der Waals surface area contributed by atoms with Gasteiger partial charge < -0.3 is 5.73 Å². The molecule has 0 aliphatic carbocycles. The second-order valence-corrected chi connectivity index (χ2v) is 3.64. The summed E-state index contributed by atoms with van der Waals surface area (Å²) in [4.78, 5) is 0. The number of hydrogen-bond acceptors (Lipinski definition) is 2. The van der Waals surface area contributed by atoms with Crippen LogP contribution in [0.15, 0.2) is 12.2 Å². The van der Waals surface area contributed by atoms with E-state index < -0.39 is 10.8 Å². The van der Waals surface area contributed by atoms with Crippen molar-refractivity contribution in [2.24, 2.45) is 5.73 Å². The molecule has 60 valence electrons. The molecule has 1 atom stereocenters. The van der Waals surface area contributed by atoms with Crippen molar-refractivity contribution in [2.75, 3.05) is 18.1 Å². The topological polar surface area (TPSA) is 43.1 Å². The standard InChI is InChI=1S/C7H15NOS/c1-2-3-6-10(9)7-4-5-8/h2-3H,4-8H2,1H3/b3-2+. The predicted octanol–water partition coefficient (Wildman–Crippen LogP) is 0.660. The van der Waals surface area contributed by atoms with E-state index in [1.807, 2.05) is 19.1 Å². The number of allylic oxidation sites excluding steroid dienone is 1. The van der Waals surface area contributed by atoms with Crippen molar-refractivity contribution < 1.29 is 4.21 Å². The molecule has 0 saturated heterocycles. The van der Waals surface area contributed by atoms with Gasteiger partial charge in [-0.3, -0.25) is 4.21 Å². The molecule has 0 spiro atoms. The maximum Gasteiger partial charge on any atom is 0.0415 e. The number of rotatable bonds is 5. The molecule has 0 aliphatic heterocycles. The molecule has 0 rings (SSSR count). The zero-order valence-electron chi connectivity index (χ0n) is 6.38. The van der Waals surface area contributed by atoms with E-state index in [1.165, 1.54) is 0 Å². The van der Waals surface area contributed by atoms with Crippen molar-refractivity contribution in [3.05, 3.63) is 12.2 Å². The fourth-order valence-electron chi connectivity index (χ4n) is 0.531. The molecule has 0 bridgehead atoms. The van der Waals surface area contributed by atoms with E-state index in [0.717, 1.165) is 12.2 Å². The summed E-state index contributed by atoms with van der Waals surface area (Å²) in [6.07, 6.45) is 4.71. The van der Waals surface area contributed by atoms with Crippen LogP contribution in [0.5, 0.6) is 0 Å². The van der Waals surface area contributed by atoms with Gasteiger partial charge >= 0.3 is 0 Å². The van der Waals surface area contributed by atoms with Gasteiger partial charge in [-0.15, -0.1) is 0 Å². The van der Waals surface area contributed by atoms with Crippen LogP contribution in [0.25, 0.3) is 0 Å². The van der Waals surface area contributed by atoms with Gasteiger partial charge in [-0.25, -0.2) is 0 Å². The van der Waals surface area contributed by atoms with Crippen LogP contribution in [0.4, 0.5) is 0 Å². The molecule has 3 heteroatoms. The van der Waals surface area contributed by atoms with Crippen molar-refractivity contribution in [2.45, 2.75) is 13.3 Å². The molecular formula is C7H15NOS. The van der Waals surface area contributed by atoms with Crippen molar-refractivity contribution in [1.82, 2.24) is 0 Å². The normalized spacial score (nSPS) is 14.2. The van der Waals surface area contributed by atoms with Crippen LogP contribution in [-0.2, 0) is 10.8 Å². The van der Waals surface area contributed by atoms with Gasteiger partial charge in [0.1, 0.15) is 0 Å². The fourth-order valence-corrected chi connectivity index (χ4v) is 1.59. The second-order valence-electron chi connectivity index (χ2n) is 2.02. The lowest BCUT2D eigenvalue weighted by atomic mass is 10.5. The van der Waals surface area contributed by atoms with Gasteiger partial charge in [0.2, 0.25) is 0 Å². The molecule has 0 aromatic rings. The third kappa shape index (κ3) is 5.98. The summed E-state index contributed by atoms with van der Waals surface area (Å²) in [6, 6.07) is 0. The third-order valence-electron chi connectivity index (χ3n) is 1.09. The van der Waals surface area contributed by atoms with Crippen LogP contribution in [0.3, 0.4) is 0 Å². The summed E-state index contributed by atoms with van der Waals surface area (Å²) in [7, 11) is -0.687. The van der Waals surface area contributed by atoms with E-state index in [2.05, 4.69) is 0 Å². The van der Waals surface area contributed by atoms with Crippen molar-refractivity contribution in [3.8, 4) is 0 Å². The van der Waals surface area contributed by atoms with Crippen LogP contribution < -0.4 is 5.73 Å². The van der Waals surface area contributed by atoms with E-state index in [1.54, 1.807) is 0 Å². The fraction of sp³-hybridized carbons (Fsp3) is 0.714. The molecule has 0 amide bonds. The second kappa shape index (κ2) is 6.96. The van der Waals surface area contributed by atoms with Gasteiger partial charge in [-0.1, -0.05) is 12.2 Å². The zero-order chi connectivity index (χ0) is 7.82. The molecule has 0 radical (unpaired) electrons. The Morgan fingerprint density at radius 1 is 1.60 bits per heavy atom. The van der Waals surface area contributed by atoms with E-state index >= 15 is 0 Å². The molecule has 0 aliphatic rings. The highest BCUT2D eigenvalue weighted by Crippen LogP contribution is 1.87. The summed E-state index contributed by atoms with van der Waals surface area (Å²) in [5.41, 5.74) is 5.25. The van der Waals surface area contributed by atoms with Gasteiger partial charge in [-0.2, -0.15) is 0 Å². The van der Waals surface area contributed by atoms with Gasteiger partial charge in [0.05, 0.1) is 0 Å². The Morgan fingerprint density at radius 2 is 2.30 bits per heavy atom. The van der Waals surface area contributed by atoms with Crippen LogP contribution in [0.2, 0.25) is 0 Å². The summed E-state index contributed by atoms with van der Waals surface area (Å²) in [5.74, 6) is 1.41. The quantitative estimate of drug-likeness (QED) is 0.602. The van der Waals surface area contributed by atoms with Gasteiger partial charge in [0.25, 0.3) is 0 Å². The monoisotopic (exact) mass is 161 g/mol. The molecule has 2 nitrogen and oxygen atoms in total. The number of nitrogens with two attached hydrogens (primary N) is 1. The summed E-state index contributed by atoms with van der Waals surface area (Å²) < 4.78 is 11.0. The molecule has 0 aromatic carbocycles. The molecule has 0 saturated carbocycles. The largest absolute Gasteiger partial charge is 0.330 e.